The highest BCUT2D eigenvalue weighted by atomic mass is 16.5. The molecule has 2 bridgehead atoms. The van der Waals surface area contributed by atoms with E-state index in [4.69, 9.17) is 9.47 Å². The molecule has 0 saturated carbocycles. The maximum atomic E-state index is 5.57. The lowest BCUT2D eigenvalue weighted by Gasteiger charge is -2.36. The highest BCUT2D eigenvalue weighted by Gasteiger charge is 2.41. The third-order valence-corrected chi connectivity index (χ3v) is 5.32. The van der Waals surface area contributed by atoms with Crippen LogP contribution in [0.2, 0.25) is 0 Å². The first-order valence-electron chi connectivity index (χ1n) is 8.49. The van der Waals surface area contributed by atoms with Gasteiger partial charge in [0, 0.05) is 36.8 Å². The lowest BCUT2D eigenvalue weighted by molar-refractivity contribution is 0.162. The summed E-state index contributed by atoms with van der Waals surface area (Å²) in [6.45, 7) is 2.80. The van der Waals surface area contributed by atoms with Crippen LogP contribution in [0.4, 0.5) is 0 Å². The average Bonchev–Trinajstić information content (AvgIpc) is 2.87. The summed E-state index contributed by atoms with van der Waals surface area (Å²) in [7, 11) is 3.43. The number of benzene rings is 1. The van der Waals surface area contributed by atoms with Gasteiger partial charge in [-0.1, -0.05) is 6.07 Å². The van der Waals surface area contributed by atoms with Crippen molar-refractivity contribution in [2.75, 3.05) is 14.2 Å². The predicted molar refractivity (Wildman–Crippen MR) is 91.3 cm³/mol. The Kier molecular flexibility index (Phi) is 3.88. The molecule has 3 heterocycles. The van der Waals surface area contributed by atoms with Crippen LogP contribution in [0.1, 0.15) is 41.5 Å². The molecule has 5 heteroatoms. The van der Waals surface area contributed by atoms with Crippen LogP contribution in [0, 0.1) is 6.92 Å². The number of methoxy groups -OCH3 is 2. The van der Waals surface area contributed by atoms with Crippen molar-refractivity contribution in [3.8, 4) is 11.5 Å². The zero-order valence-electron chi connectivity index (χ0n) is 14.5. The maximum absolute atomic E-state index is 5.57. The minimum atomic E-state index is 0.397. The third kappa shape index (κ3) is 2.44. The summed E-state index contributed by atoms with van der Waals surface area (Å²) in [5.74, 6) is 2.65. The van der Waals surface area contributed by atoms with Crippen LogP contribution in [-0.2, 0) is 13.0 Å². The van der Waals surface area contributed by atoms with Gasteiger partial charge in [0.25, 0.3) is 0 Å². The molecule has 1 fully saturated rings. The first-order chi connectivity index (χ1) is 11.7. The summed E-state index contributed by atoms with van der Waals surface area (Å²) >= 11 is 0. The third-order valence-electron chi connectivity index (χ3n) is 5.32. The molecule has 4 rings (SSSR count). The summed E-state index contributed by atoms with van der Waals surface area (Å²) in [6, 6.07) is 6.91. The van der Waals surface area contributed by atoms with Gasteiger partial charge in [0.15, 0.2) is 0 Å². The van der Waals surface area contributed by atoms with E-state index in [-0.39, 0.29) is 0 Å². The molecule has 1 saturated heterocycles. The highest BCUT2D eigenvalue weighted by molar-refractivity contribution is 5.45. The lowest BCUT2D eigenvalue weighted by Crippen LogP contribution is -2.37. The Morgan fingerprint density at radius 2 is 1.92 bits per heavy atom. The Balaban J connectivity index is 1.69. The number of ether oxygens (including phenoxy) is 2. The number of rotatable bonds is 4. The highest BCUT2D eigenvalue weighted by Crippen LogP contribution is 2.45. The molecule has 0 aliphatic carbocycles. The molecule has 1 aromatic heterocycles. The van der Waals surface area contributed by atoms with Crippen LogP contribution in [0.5, 0.6) is 11.5 Å². The Morgan fingerprint density at radius 3 is 2.62 bits per heavy atom. The first-order valence-corrected chi connectivity index (χ1v) is 8.49. The van der Waals surface area contributed by atoms with Gasteiger partial charge in [-0.05, 0) is 31.9 Å². The van der Waals surface area contributed by atoms with E-state index in [0.717, 1.165) is 35.9 Å². The molecule has 0 unspecified atom stereocenters. The summed E-state index contributed by atoms with van der Waals surface area (Å²) in [5, 5.41) is 0. The summed E-state index contributed by atoms with van der Waals surface area (Å²) in [6.07, 6.45) is 5.40. The lowest BCUT2D eigenvalue weighted by atomic mass is 9.98. The summed E-state index contributed by atoms with van der Waals surface area (Å²) in [5.41, 5.74) is 3.65. The molecule has 5 nitrogen and oxygen atoms in total. The molecule has 2 atom stereocenters. The van der Waals surface area contributed by atoms with E-state index in [1.54, 1.807) is 14.2 Å². The number of aromatic nitrogens is 2. The average molecular weight is 325 g/mol. The predicted octanol–water partition coefficient (Wildman–Crippen LogP) is 3.06. The number of nitrogens with zero attached hydrogens (tertiary/aromatic N) is 3. The van der Waals surface area contributed by atoms with Crippen LogP contribution in [0.15, 0.2) is 24.4 Å². The molecule has 0 radical (unpaired) electrons. The molecule has 24 heavy (non-hydrogen) atoms. The molecule has 2 aliphatic rings. The fourth-order valence-corrected chi connectivity index (χ4v) is 4.19. The number of hydrogen-bond donors (Lipinski definition) is 0. The van der Waals surface area contributed by atoms with Crippen LogP contribution in [0.25, 0.3) is 0 Å². The summed E-state index contributed by atoms with van der Waals surface area (Å²) < 4.78 is 11.1. The van der Waals surface area contributed by atoms with E-state index in [0.29, 0.717) is 12.1 Å². The van der Waals surface area contributed by atoms with E-state index >= 15 is 0 Å². The van der Waals surface area contributed by atoms with Gasteiger partial charge in [-0.15, -0.1) is 0 Å². The van der Waals surface area contributed by atoms with Crippen molar-refractivity contribution in [1.82, 2.24) is 14.9 Å². The van der Waals surface area contributed by atoms with E-state index in [2.05, 4.69) is 14.9 Å². The van der Waals surface area contributed by atoms with Gasteiger partial charge in [-0.2, -0.15) is 0 Å². The normalized spacial score (nSPS) is 22.3. The first kappa shape index (κ1) is 15.4. The monoisotopic (exact) mass is 325 g/mol. The molecule has 2 aliphatic heterocycles. The second-order valence-corrected chi connectivity index (χ2v) is 6.58. The van der Waals surface area contributed by atoms with Crippen LogP contribution in [-0.4, -0.2) is 35.1 Å². The Morgan fingerprint density at radius 1 is 1.17 bits per heavy atom. The minimum absolute atomic E-state index is 0.397. The maximum Gasteiger partial charge on any atom is 0.127 e. The molecular formula is C19H23N3O2. The fraction of sp³-hybridized carbons (Fsp3) is 0.474. The molecular weight excluding hydrogens is 302 g/mol. The van der Waals surface area contributed by atoms with Crippen molar-refractivity contribution in [2.45, 2.75) is 44.8 Å². The van der Waals surface area contributed by atoms with Crippen LogP contribution < -0.4 is 9.47 Å². The van der Waals surface area contributed by atoms with Crippen molar-refractivity contribution in [3.05, 3.63) is 47.0 Å². The second-order valence-electron chi connectivity index (χ2n) is 6.58. The van der Waals surface area contributed by atoms with Crippen molar-refractivity contribution in [3.63, 3.8) is 0 Å². The quantitative estimate of drug-likeness (QED) is 0.864. The Bertz CT molecular complexity index is 740. The van der Waals surface area contributed by atoms with Gasteiger partial charge in [0.05, 0.1) is 25.5 Å². The van der Waals surface area contributed by atoms with Gasteiger partial charge in [-0.3, -0.25) is 4.90 Å². The number of aryl methyl sites for hydroxylation is 1. The van der Waals surface area contributed by atoms with E-state index < -0.39 is 0 Å². The zero-order valence-corrected chi connectivity index (χ0v) is 14.5. The standard InChI is InChI=1S/C19H23N3O2/c1-12-20-10-14-16(21-12)9-13-7-8-17(14)22(13)11-15-18(23-2)5-4-6-19(15)24-3/h4-6,10,13,17H,7-9,11H2,1-3H3/t13-,17+/m0/s1. The van der Waals surface area contributed by atoms with Crippen LogP contribution in [0.3, 0.4) is 0 Å². The van der Waals surface area contributed by atoms with Gasteiger partial charge < -0.3 is 9.47 Å². The van der Waals surface area contributed by atoms with Crippen molar-refractivity contribution >= 4 is 0 Å². The van der Waals surface area contributed by atoms with Gasteiger partial charge in [0.1, 0.15) is 17.3 Å². The molecule has 2 aromatic rings. The van der Waals surface area contributed by atoms with E-state index in [9.17, 15) is 0 Å². The van der Waals surface area contributed by atoms with Gasteiger partial charge >= 0.3 is 0 Å². The molecule has 0 amide bonds. The SMILES string of the molecule is COc1cccc(OC)c1CN1[C@H]2CC[C@@H]1c1cnc(C)nc1C2. The topological polar surface area (TPSA) is 47.5 Å². The van der Waals surface area contributed by atoms with Gasteiger partial charge in [0.2, 0.25) is 0 Å². The minimum Gasteiger partial charge on any atom is -0.496 e. The molecule has 1 aromatic carbocycles. The van der Waals surface area contributed by atoms with Crippen molar-refractivity contribution in [1.29, 1.82) is 0 Å². The van der Waals surface area contributed by atoms with Crippen molar-refractivity contribution < 1.29 is 9.47 Å². The Hall–Kier alpha value is -2.14. The van der Waals surface area contributed by atoms with E-state index in [1.165, 1.54) is 24.1 Å². The molecule has 0 spiro atoms. The largest absolute Gasteiger partial charge is 0.496 e. The number of hydrogen-bond acceptors (Lipinski definition) is 5. The van der Waals surface area contributed by atoms with Crippen LogP contribution >= 0.6 is 0 Å². The fourth-order valence-electron chi connectivity index (χ4n) is 4.19. The second kappa shape index (κ2) is 6.06. The van der Waals surface area contributed by atoms with Gasteiger partial charge in [-0.25, -0.2) is 9.97 Å². The Labute approximate surface area is 142 Å². The molecule has 126 valence electrons. The summed E-state index contributed by atoms with van der Waals surface area (Å²) in [4.78, 5) is 11.7. The smallest absolute Gasteiger partial charge is 0.127 e. The number of fused-ring (bicyclic) bond motifs is 4. The zero-order chi connectivity index (χ0) is 16.7. The van der Waals surface area contributed by atoms with E-state index in [1.807, 2.05) is 31.3 Å². The molecule has 0 N–H and O–H groups in total. The van der Waals surface area contributed by atoms with Crippen molar-refractivity contribution in [2.24, 2.45) is 0 Å².